The molecule has 1 heterocycles. The Labute approximate surface area is 93.0 Å². The molecule has 0 aromatic rings. The van der Waals surface area contributed by atoms with Crippen molar-refractivity contribution in [2.45, 2.75) is 31.8 Å². The molecule has 0 aromatic carbocycles. The lowest BCUT2D eigenvalue weighted by atomic mass is 10.1. The minimum atomic E-state index is 0.140. The molecule has 1 rings (SSSR count). The van der Waals surface area contributed by atoms with Gasteiger partial charge in [-0.2, -0.15) is 0 Å². The van der Waals surface area contributed by atoms with Gasteiger partial charge in [-0.3, -0.25) is 4.90 Å². The number of likely N-dealkylation sites (N-methyl/N-ethyl adjacent to an activating group) is 1. The first-order valence-electron chi connectivity index (χ1n) is 5.98. The van der Waals surface area contributed by atoms with Gasteiger partial charge in [-0.1, -0.05) is 6.92 Å². The number of hydrogen-bond donors (Lipinski definition) is 2. The minimum Gasteiger partial charge on any atom is -0.395 e. The van der Waals surface area contributed by atoms with Gasteiger partial charge in [0.15, 0.2) is 0 Å². The summed E-state index contributed by atoms with van der Waals surface area (Å²) in [5, 5.41) is 9.31. The average molecular weight is 215 g/mol. The lowest BCUT2D eigenvalue weighted by molar-refractivity contribution is 0.0854. The van der Waals surface area contributed by atoms with E-state index in [1.54, 1.807) is 0 Å². The highest BCUT2D eigenvalue weighted by atomic mass is 16.3. The van der Waals surface area contributed by atoms with E-state index in [1.807, 2.05) is 0 Å². The Bertz CT molecular complexity index is 173. The van der Waals surface area contributed by atoms with Crippen LogP contribution in [-0.2, 0) is 0 Å². The van der Waals surface area contributed by atoms with Crippen LogP contribution in [0.25, 0.3) is 0 Å². The summed E-state index contributed by atoms with van der Waals surface area (Å²) in [6.45, 7) is 6.24. The second kappa shape index (κ2) is 6.43. The summed E-state index contributed by atoms with van der Waals surface area (Å²) < 4.78 is 0. The van der Waals surface area contributed by atoms with Crippen molar-refractivity contribution in [3.8, 4) is 0 Å². The zero-order valence-corrected chi connectivity index (χ0v) is 10.0. The van der Waals surface area contributed by atoms with Gasteiger partial charge in [0, 0.05) is 31.7 Å². The highest BCUT2D eigenvalue weighted by molar-refractivity contribution is 4.83. The Balaban J connectivity index is 2.65. The van der Waals surface area contributed by atoms with E-state index in [9.17, 15) is 5.11 Å². The first-order valence-corrected chi connectivity index (χ1v) is 5.98. The third-order valence-electron chi connectivity index (χ3n) is 3.37. The maximum absolute atomic E-state index is 9.31. The molecule has 15 heavy (non-hydrogen) atoms. The number of aliphatic hydroxyl groups excluding tert-OH is 1. The normalized spacial score (nSPS) is 27.6. The van der Waals surface area contributed by atoms with E-state index < -0.39 is 0 Å². The van der Waals surface area contributed by atoms with Crippen LogP contribution >= 0.6 is 0 Å². The van der Waals surface area contributed by atoms with Crippen molar-refractivity contribution in [2.24, 2.45) is 5.73 Å². The van der Waals surface area contributed by atoms with E-state index in [-0.39, 0.29) is 12.6 Å². The number of aliphatic hydroxyl groups is 1. The van der Waals surface area contributed by atoms with Crippen molar-refractivity contribution < 1.29 is 5.11 Å². The fourth-order valence-electron chi connectivity index (χ4n) is 2.42. The maximum atomic E-state index is 9.31. The van der Waals surface area contributed by atoms with Gasteiger partial charge in [0.05, 0.1) is 6.61 Å². The summed E-state index contributed by atoms with van der Waals surface area (Å²) in [6.07, 6.45) is 2.30. The van der Waals surface area contributed by atoms with Crippen LogP contribution in [0.3, 0.4) is 0 Å². The quantitative estimate of drug-likeness (QED) is 0.677. The molecule has 1 fully saturated rings. The van der Waals surface area contributed by atoms with Gasteiger partial charge in [-0.15, -0.1) is 0 Å². The van der Waals surface area contributed by atoms with Crippen LogP contribution in [0.5, 0.6) is 0 Å². The van der Waals surface area contributed by atoms with Gasteiger partial charge in [0.25, 0.3) is 0 Å². The van der Waals surface area contributed by atoms with Crippen LogP contribution in [0, 0.1) is 0 Å². The Hall–Kier alpha value is -0.160. The van der Waals surface area contributed by atoms with Crippen LogP contribution in [-0.4, -0.2) is 66.8 Å². The van der Waals surface area contributed by atoms with Crippen LogP contribution in [0.4, 0.5) is 0 Å². The molecule has 0 saturated carbocycles. The average Bonchev–Trinajstić information content (AvgIpc) is 2.42. The third-order valence-corrected chi connectivity index (χ3v) is 3.37. The second-order valence-corrected chi connectivity index (χ2v) is 4.49. The molecule has 3 N–H and O–H groups in total. The van der Waals surface area contributed by atoms with Crippen molar-refractivity contribution in [3.05, 3.63) is 0 Å². The predicted molar refractivity (Wildman–Crippen MR) is 62.8 cm³/mol. The topological polar surface area (TPSA) is 52.7 Å². The molecule has 2 atom stereocenters. The van der Waals surface area contributed by atoms with Crippen LogP contribution in [0.1, 0.15) is 19.8 Å². The zero-order chi connectivity index (χ0) is 11.3. The van der Waals surface area contributed by atoms with Crippen LogP contribution in [0.2, 0.25) is 0 Å². The molecule has 0 spiro atoms. The molecule has 1 aliphatic rings. The summed E-state index contributed by atoms with van der Waals surface area (Å²) in [5.41, 5.74) is 5.70. The van der Waals surface area contributed by atoms with E-state index in [2.05, 4.69) is 23.8 Å². The number of nitrogens with zero attached hydrogens (tertiary/aromatic N) is 2. The number of rotatable bonds is 4. The highest BCUT2D eigenvalue weighted by Crippen LogP contribution is 2.14. The standard InChI is InChI=1S/C11H25N3O/c1-3-10-8-13(2)5-4-6-14(10)11(7-12)9-15/h10-11,15H,3-9,12H2,1-2H3. The van der Waals surface area contributed by atoms with Crippen LogP contribution in [0.15, 0.2) is 0 Å². The fraction of sp³-hybridized carbons (Fsp3) is 1.00. The number of hydrogen-bond acceptors (Lipinski definition) is 4. The van der Waals surface area contributed by atoms with Crippen molar-refractivity contribution in [3.63, 3.8) is 0 Å². The third kappa shape index (κ3) is 3.41. The molecule has 0 amide bonds. The lowest BCUT2D eigenvalue weighted by Crippen LogP contribution is -2.50. The van der Waals surface area contributed by atoms with Gasteiger partial charge in [-0.05, 0) is 26.4 Å². The molecule has 4 nitrogen and oxygen atoms in total. The summed E-state index contributed by atoms with van der Waals surface area (Å²) in [7, 11) is 2.17. The van der Waals surface area contributed by atoms with E-state index in [4.69, 9.17) is 5.73 Å². The van der Waals surface area contributed by atoms with E-state index in [0.717, 1.165) is 26.1 Å². The Kier molecular flexibility index (Phi) is 5.53. The SMILES string of the molecule is CCC1CN(C)CCCN1C(CN)CO. The molecule has 1 saturated heterocycles. The molecule has 1 aliphatic heterocycles. The molecule has 0 aliphatic carbocycles. The first-order chi connectivity index (χ1) is 7.22. The monoisotopic (exact) mass is 215 g/mol. The van der Waals surface area contributed by atoms with Gasteiger partial charge < -0.3 is 15.7 Å². The Morgan fingerprint density at radius 2 is 2.20 bits per heavy atom. The first kappa shape index (κ1) is 12.9. The zero-order valence-electron chi connectivity index (χ0n) is 10.0. The second-order valence-electron chi connectivity index (χ2n) is 4.49. The largest absolute Gasteiger partial charge is 0.395 e. The summed E-state index contributed by atoms with van der Waals surface area (Å²) >= 11 is 0. The van der Waals surface area contributed by atoms with Crippen molar-refractivity contribution in [2.75, 3.05) is 39.8 Å². The van der Waals surface area contributed by atoms with Gasteiger partial charge in [0.2, 0.25) is 0 Å². The van der Waals surface area contributed by atoms with Gasteiger partial charge >= 0.3 is 0 Å². The van der Waals surface area contributed by atoms with Crippen molar-refractivity contribution in [1.29, 1.82) is 0 Å². The van der Waals surface area contributed by atoms with Gasteiger partial charge in [-0.25, -0.2) is 0 Å². The summed E-state index contributed by atoms with van der Waals surface area (Å²) in [6, 6.07) is 0.680. The molecular weight excluding hydrogens is 190 g/mol. The molecule has 0 radical (unpaired) electrons. The smallest absolute Gasteiger partial charge is 0.0599 e. The number of nitrogens with two attached hydrogens (primary N) is 1. The molecule has 0 bridgehead atoms. The molecule has 0 aromatic heterocycles. The van der Waals surface area contributed by atoms with E-state index in [1.165, 1.54) is 6.42 Å². The fourth-order valence-corrected chi connectivity index (χ4v) is 2.42. The molecule has 2 unspecified atom stereocenters. The van der Waals surface area contributed by atoms with Crippen molar-refractivity contribution >= 4 is 0 Å². The highest BCUT2D eigenvalue weighted by Gasteiger charge is 2.26. The molecular formula is C11H25N3O. The Morgan fingerprint density at radius 1 is 1.47 bits per heavy atom. The minimum absolute atomic E-state index is 0.140. The molecule has 90 valence electrons. The predicted octanol–water partition coefficient (Wildman–Crippen LogP) is -0.278. The Morgan fingerprint density at radius 3 is 2.73 bits per heavy atom. The molecule has 4 heteroatoms. The van der Waals surface area contributed by atoms with E-state index in [0.29, 0.717) is 12.6 Å². The van der Waals surface area contributed by atoms with Crippen molar-refractivity contribution in [1.82, 2.24) is 9.80 Å². The maximum Gasteiger partial charge on any atom is 0.0599 e. The van der Waals surface area contributed by atoms with E-state index >= 15 is 0 Å². The summed E-state index contributed by atoms with van der Waals surface area (Å²) in [4.78, 5) is 4.77. The lowest BCUT2D eigenvalue weighted by Gasteiger charge is -2.35. The van der Waals surface area contributed by atoms with Crippen LogP contribution < -0.4 is 5.73 Å². The summed E-state index contributed by atoms with van der Waals surface area (Å²) in [5.74, 6) is 0. The van der Waals surface area contributed by atoms with Gasteiger partial charge in [0.1, 0.15) is 0 Å².